The van der Waals surface area contributed by atoms with E-state index in [-0.39, 0.29) is 6.61 Å². The van der Waals surface area contributed by atoms with E-state index in [1.54, 1.807) is 23.1 Å². The summed E-state index contributed by atoms with van der Waals surface area (Å²) < 4.78 is 1.72. The molecule has 5 heteroatoms. The number of fused-ring (bicyclic) bond motifs is 1. The van der Waals surface area contributed by atoms with Crippen LogP contribution in [0.15, 0.2) is 18.7 Å². The van der Waals surface area contributed by atoms with Crippen LogP contribution in [0.4, 0.5) is 0 Å². The smallest absolute Gasteiger partial charge is 0.155 e. The standard InChI is InChI=1S/C7H6ClN3O/c8-7-6-5(3-12)10-4-11(6)2-1-9-7/h1-2,4,12H,3H2. The first-order chi connectivity index (χ1) is 5.83. The van der Waals surface area contributed by atoms with E-state index in [9.17, 15) is 0 Å². The molecule has 0 amide bonds. The lowest BCUT2D eigenvalue weighted by Gasteiger charge is -1.95. The molecule has 0 atom stereocenters. The summed E-state index contributed by atoms with van der Waals surface area (Å²) in [5.41, 5.74) is 1.22. The maximum Gasteiger partial charge on any atom is 0.155 e. The van der Waals surface area contributed by atoms with Gasteiger partial charge in [0, 0.05) is 12.4 Å². The summed E-state index contributed by atoms with van der Waals surface area (Å²) >= 11 is 5.80. The first kappa shape index (κ1) is 7.52. The van der Waals surface area contributed by atoms with Crippen molar-refractivity contribution in [2.45, 2.75) is 6.61 Å². The summed E-state index contributed by atoms with van der Waals surface area (Å²) in [6.07, 6.45) is 4.90. The van der Waals surface area contributed by atoms with Crippen LogP contribution in [-0.2, 0) is 6.61 Å². The summed E-state index contributed by atoms with van der Waals surface area (Å²) in [6.45, 7) is -0.123. The monoisotopic (exact) mass is 183 g/mol. The second-order valence-electron chi connectivity index (χ2n) is 2.32. The molecule has 0 bridgehead atoms. The fraction of sp³-hybridized carbons (Fsp3) is 0.143. The van der Waals surface area contributed by atoms with Crippen molar-refractivity contribution < 1.29 is 5.11 Å². The third-order valence-corrected chi connectivity index (χ3v) is 1.91. The number of nitrogens with zero attached hydrogens (tertiary/aromatic N) is 3. The van der Waals surface area contributed by atoms with Gasteiger partial charge in [-0.3, -0.25) is 0 Å². The van der Waals surface area contributed by atoms with E-state index in [4.69, 9.17) is 16.7 Å². The maximum absolute atomic E-state index is 8.89. The van der Waals surface area contributed by atoms with Crippen molar-refractivity contribution in [2.75, 3.05) is 0 Å². The van der Waals surface area contributed by atoms with Crippen molar-refractivity contribution in [3.63, 3.8) is 0 Å². The largest absolute Gasteiger partial charge is 0.390 e. The zero-order valence-electron chi connectivity index (χ0n) is 6.11. The van der Waals surface area contributed by atoms with Gasteiger partial charge in [0.15, 0.2) is 5.15 Å². The molecule has 2 aromatic rings. The van der Waals surface area contributed by atoms with E-state index in [0.29, 0.717) is 16.4 Å². The number of rotatable bonds is 1. The first-order valence-corrected chi connectivity index (χ1v) is 3.77. The second-order valence-corrected chi connectivity index (χ2v) is 2.68. The molecule has 12 heavy (non-hydrogen) atoms. The average Bonchev–Trinajstić information content (AvgIpc) is 2.49. The summed E-state index contributed by atoms with van der Waals surface area (Å²) in [5, 5.41) is 9.25. The zero-order valence-corrected chi connectivity index (χ0v) is 6.86. The topological polar surface area (TPSA) is 50.4 Å². The van der Waals surface area contributed by atoms with Gasteiger partial charge in [-0.05, 0) is 0 Å². The predicted molar refractivity (Wildman–Crippen MR) is 43.9 cm³/mol. The Morgan fingerprint density at radius 3 is 3.08 bits per heavy atom. The number of imidazole rings is 1. The van der Waals surface area contributed by atoms with Crippen LogP contribution in [0.5, 0.6) is 0 Å². The van der Waals surface area contributed by atoms with Gasteiger partial charge in [-0.15, -0.1) is 0 Å². The van der Waals surface area contributed by atoms with Gasteiger partial charge in [0.1, 0.15) is 5.52 Å². The number of hydrogen-bond donors (Lipinski definition) is 1. The van der Waals surface area contributed by atoms with Crippen LogP contribution in [0.1, 0.15) is 5.69 Å². The van der Waals surface area contributed by atoms with Crippen molar-refractivity contribution >= 4 is 17.1 Å². The van der Waals surface area contributed by atoms with E-state index in [1.165, 1.54) is 0 Å². The molecule has 2 rings (SSSR count). The Kier molecular flexibility index (Phi) is 1.71. The van der Waals surface area contributed by atoms with Crippen molar-refractivity contribution in [3.8, 4) is 0 Å². The Morgan fingerprint density at radius 2 is 2.33 bits per heavy atom. The molecule has 62 valence electrons. The summed E-state index contributed by atoms with van der Waals surface area (Å²) in [5.74, 6) is 0. The molecular weight excluding hydrogens is 178 g/mol. The number of aliphatic hydroxyl groups is 1. The van der Waals surface area contributed by atoms with Crippen molar-refractivity contribution in [3.05, 3.63) is 29.6 Å². The van der Waals surface area contributed by atoms with Gasteiger partial charge >= 0.3 is 0 Å². The quantitative estimate of drug-likeness (QED) is 0.714. The Morgan fingerprint density at radius 1 is 1.50 bits per heavy atom. The molecule has 4 nitrogen and oxygen atoms in total. The molecular formula is C7H6ClN3O. The normalized spacial score (nSPS) is 10.8. The fourth-order valence-electron chi connectivity index (χ4n) is 1.09. The maximum atomic E-state index is 8.89. The van der Waals surface area contributed by atoms with Crippen LogP contribution in [0.25, 0.3) is 5.52 Å². The van der Waals surface area contributed by atoms with E-state index in [2.05, 4.69) is 9.97 Å². The summed E-state index contributed by atoms with van der Waals surface area (Å²) in [4.78, 5) is 7.84. The fourth-order valence-corrected chi connectivity index (χ4v) is 1.35. The minimum Gasteiger partial charge on any atom is -0.390 e. The SMILES string of the molecule is OCc1ncn2ccnc(Cl)c12. The molecule has 0 aliphatic heterocycles. The number of hydrogen-bond acceptors (Lipinski definition) is 3. The van der Waals surface area contributed by atoms with Gasteiger partial charge in [0.25, 0.3) is 0 Å². The molecule has 0 aliphatic rings. The third kappa shape index (κ3) is 0.964. The Hall–Kier alpha value is -1.13. The molecule has 1 N–H and O–H groups in total. The number of halogens is 1. The first-order valence-electron chi connectivity index (χ1n) is 3.40. The molecule has 0 saturated heterocycles. The van der Waals surface area contributed by atoms with Crippen LogP contribution >= 0.6 is 11.6 Å². The lowest BCUT2D eigenvalue weighted by molar-refractivity contribution is 0.279. The lowest BCUT2D eigenvalue weighted by Crippen LogP contribution is -1.88. The van der Waals surface area contributed by atoms with Gasteiger partial charge in [-0.25, -0.2) is 9.97 Å². The lowest BCUT2D eigenvalue weighted by atomic mass is 10.4. The van der Waals surface area contributed by atoms with Crippen LogP contribution < -0.4 is 0 Å². The van der Waals surface area contributed by atoms with E-state index >= 15 is 0 Å². The number of aromatic nitrogens is 3. The van der Waals surface area contributed by atoms with Gasteiger partial charge in [-0.1, -0.05) is 11.6 Å². The van der Waals surface area contributed by atoms with Crippen molar-refractivity contribution in [1.29, 1.82) is 0 Å². The van der Waals surface area contributed by atoms with Crippen LogP contribution in [-0.4, -0.2) is 19.5 Å². The molecule has 0 radical (unpaired) electrons. The van der Waals surface area contributed by atoms with Crippen molar-refractivity contribution in [2.24, 2.45) is 0 Å². The van der Waals surface area contributed by atoms with Gasteiger partial charge in [0.2, 0.25) is 0 Å². The predicted octanol–water partition coefficient (Wildman–Crippen LogP) is 0.875. The molecule has 2 aromatic heterocycles. The summed E-state index contributed by atoms with van der Waals surface area (Å²) in [6, 6.07) is 0. The molecule has 0 aromatic carbocycles. The van der Waals surface area contributed by atoms with Crippen LogP contribution in [0.3, 0.4) is 0 Å². The molecule has 0 fully saturated rings. The molecule has 2 heterocycles. The van der Waals surface area contributed by atoms with E-state index < -0.39 is 0 Å². The third-order valence-electron chi connectivity index (χ3n) is 1.63. The highest BCUT2D eigenvalue weighted by Gasteiger charge is 2.06. The highest BCUT2D eigenvalue weighted by atomic mass is 35.5. The Labute approximate surface area is 73.5 Å². The Balaban J connectivity index is 2.83. The second kappa shape index (κ2) is 2.73. The number of aliphatic hydroxyl groups excluding tert-OH is 1. The van der Waals surface area contributed by atoms with Crippen molar-refractivity contribution in [1.82, 2.24) is 14.4 Å². The van der Waals surface area contributed by atoms with Crippen LogP contribution in [0.2, 0.25) is 5.15 Å². The molecule has 0 unspecified atom stereocenters. The van der Waals surface area contributed by atoms with Gasteiger partial charge in [0.05, 0.1) is 18.6 Å². The van der Waals surface area contributed by atoms with Gasteiger partial charge in [-0.2, -0.15) is 0 Å². The minimum atomic E-state index is -0.123. The zero-order chi connectivity index (χ0) is 8.55. The van der Waals surface area contributed by atoms with Crippen LogP contribution in [0, 0.1) is 0 Å². The Bertz CT molecular complexity index is 412. The highest BCUT2D eigenvalue weighted by Crippen LogP contribution is 2.17. The molecule has 0 spiro atoms. The minimum absolute atomic E-state index is 0.123. The molecule has 0 aliphatic carbocycles. The van der Waals surface area contributed by atoms with Gasteiger partial charge < -0.3 is 9.51 Å². The molecule has 0 saturated carbocycles. The average molecular weight is 184 g/mol. The summed E-state index contributed by atoms with van der Waals surface area (Å²) in [7, 11) is 0. The van der Waals surface area contributed by atoms with E-state index in [0.717, 1.165) is 0 Å². The highest BCUT2D eigenvalue weighted by molar-refractivity contribution is 6.32. The van der Waals surface area contributed by atoms with E-state index in [1.807, 2.05) is 0 Å².